The Morgan fingerprint density at radius 2 is 1.54 bits per heavy atom. The maximum absolute atomic E-state index is 11.2. The smallest absolute Gasteiger partial charge is 0.768 e. The maximum atomic E-state index is 11.2. The molecule has 1 unspecified atom stereocenters. The number of benzene rings is 2. The standard InChI is InChI=1S/C21H19N3O2S.Na/c1-13-4-6-16(7-5-13)19-20(17-8-10-18(11-9-17)27(25)26)23-24-15(3)14(2)12-22-21(19)24;/h4-12H,1-3H3,(H,25,26);/q;+1/p-1. The van der Waals surface area contributed by atoms with Gasteiger partial charge in [-0.15, -0.1) is 0 Å². The molecule has 136 valence electrons. The minimum absolute atomic E-state index is 0. The van der Waals surface area contributed by atoms with Crippen LogP contribution in [0.25, 0.3) is 28.0 Å². The van der Waals surface area contributed by atoms with Gasteiger partial charge < -0.3 is 4.55 Å². The van der Waals surface area contributed by atoms with E-state index in [-0.39, 0.29) is 34.5 Å². The molecule has 0 radical (unpaired) electrons. The van der Waals surface area contributed by atoms with Crippen LogP contribution in [-0.4, -0.2) is 23.4 Å². The van der Waals surface area contributed by atoms with E-state index in [1.54, 1.807) is 24.3 Å². The van der Waals surface area contributed by atoms with Gasteiger partial charge in [0.15, 0.2) is 5.65 Å². The zero-order valence-corrected chi connectivity index (χ0v) is 19.1. The Bertz CT molecular complexity index is 1170. The first-order valence-electron chi connectivity index (χ1n) is 8.57. The van der Waals surface area contributed by atoms with Crippen LogP contribution in [-0.2, 0) is 11.1 Å². The van der Waals surface area contributed by atoms with Crippen molar-refractivity contribution in [2.75, 3.05) is 0 Å². The van der Waals surface area contributed by atoms with Crippen molar-refractivity contribution in [2.24, 2.45) is 0 Å². The summed E-state index contributed by atoms with van der Waals surface area (Å²) in [5.74, 6) is 0. The Balaban J connectivity index is 0.00000225. The number of nitrogens with zero attached hydrogens (tertiary/aromatic N) is 3. The fourth-order valence-electron chi connectivity index (χ4n) is 3.09. The van der Waals surface area contributed by atoms with Crippen LogP contribution >= 0.6 is 0 Å². The number of hydrogen-bond donors (Lipinski definition) is 0. The summed E-state index contributed by atoms with van der Waals surface area (Å²) >= 11 is -2.25. The van der Waals surface area contributed by atoms with Crippen LogP contribution in [0, 0.1) is 20.8 Å². The summed E-state index contributed by atoms with van der Waals surface area (Å²) in [6.45, 7) is 6.07. The molecule has 0 saturated carbocycles. The SMILES string of the molecule is Cc1ccc(-c2c(-c3ccc(S(=O)[O-])cc3)nn3c(C)c(C)cnc23)cc1.[Na+]. The zero-order chi connectivity index (χ0) is 19.1. The molecule has 0 bridgehead atoms. The minimum atomic E-state index is -2.25. The van der Waals surface area contributed by atoms with Crippen LogP contribution in [0.5, 0.6) is 0 Å². The molecular formula is C21H18N3NaO2S. The molecule has 0 fully saturated rings. The maximum Gasteiger partial charge on any atom is 1.00 e. The third kappa shape index (κ3) is 3.71. The normalized spacial score (nSPS) is 12.0. The Hall–Kier alpha value is -1.83. The summed E-state index contributed by atoms with van der Waals surface area (Å²) in [7, 11) is 0. The molecule has 5 nitrogen and oxygen atoms in total. The van der Waals surface area contributed by atoms with Crippen molar-refractivity contribution < 1.29 is 38.3 Å². The van der Waals surface area contributed by atoms with Crippen molar-refractivity contribution >= 4 is 16.7 Å². The third-order valence-electron chi connectivity index (χ3n) is 4.79. The molecule has 0 amide bonds. The Labute approximate surface area is 188 Å². The molecule has 0 spiro atoms. The van der Waals surface area contributed by atoms with E-state index < -0.39 is 11.1 Å². The van der Waals surface area contributed by atoms with Crippen molar-refractivity contribution in [3.8, 4) is 22.4 Å². The van der Waals surface area contributed by atoms with Gasteiger partial charge in [-0.25, -0.2) is 9.50 Å². The number of aromatic nitrogens is 3. The fraction of sp³-hybridized carbons (Fsp3) is 0.143. The summed E-state index contributed by atoms with van der Waals surface area (Å²) in [6.07, 6.45) is 1.86. The van der Waals surface area contributed by atoms with Crippen LogP contribution < -0.4 is 29.6 Å². The number of aryl methyl sites for hydroxylation is 3. The molecule has 4 aromatic rings. The predicted molar refractivity (Wildman–Crippen MR) is 105 cm³/mol. The van der Waals surface area contributed by atoms with Crippen molar-refractivity contribution in [2.45, 2.75) is 25.7 Å². The van der Waals surface area contributed by atoms with Crippen LogP contribution in [0.2, 0.25) is 0 Å². The van der Waals surface area contributed by atoms with Crippen molar-refractivity contribution in [1.82, 2.24) is 14.6 Å². The monoisotopic (exact) mass is 399 g/mol. The third-order valence-corrected chi connectivity index (χ3v) is 5.45. The van der Waals surface area contributed by atoms with E-state index in [4.69, 9.17) is 5.10 Å². The van der Waals surface area contributed by atoms with E-state index in [2.05, 4.69) is 29.2 Å². The molecule has 0 aliphatic heterocycles. The zero-order valence-electron chi connectivity index (χ0n) is 16.3. The molecule has 7 heteroatoms. The van der Waals surface area contributed by atoms with Gasteiger partial charge >= 0.3 is 29.6 Å². The van der Waals surface area contributed by atoms with Gasteiger partial charge in [0.25, 0.3) is 0 Å². The van der Waals surface area contributed by atoms with E-state index in [9.17, 15) is 8.76 Å². The first-order valence-corrected chi connectivity index (χ1v) is 9.65. The average Bonchev–Trinajstić information content (AvgIpc) is 3.06. The average molecular weight is 399 g/mol. The summed E-state index contributed by atoms with van der Waals surface area (Å²) < 4.78 is 24.2. The molecule has 2 aromatic heterocycles. The Morgan fingerprint density at radius 3 is 2.14 bits per heavy atom. The second-order valence-corrected chi connectivity index (χ2v) is 7.55. The van der Waals surface area contributed by atoms with Crippen LogP contribution in [0.3, 0.4) is 0 Å². The first-order chi connectivity index (χ1) is 13.0. The van der Waals surface area contributed by atoms with Gasteiger partial charge in [0, 0.05) is 22.3 Å². The topological polar surface area (TPSA) is 70.3 Å². The fourth-order valence-corrected chi connectivity index (χ4v) is 3.45. The van der Waals surface area contributed by atoms with Gasteiger partial charge in [-0.2, -0.15) is 5.10 Å². The molecular weight excluding hydrogens is 381 g/mol. The van der Waals surface area contributed by atoms with E-state index >= 15 is 0 Å². The summed E-state index contributed by atoms with van der Waals surface area (Å²) in [4.78, 5) is 4.89. The first kappa shape index (κ1) is 20.9. The van der Waals surface area contributed by atoms with Gasteiger partial charge in [-0.05, 0) is 55.1 Å². The summed E-state index contributed by atoms with van der Waals surface area (Å²) in [6, 6.07) is 15.0. The molecule has 0 saturated heterocycles. The van der Waals surface area contributed by atoms with Crippen molar-refractivity contribution in [3.05, 3.63) is 71.5 Å². The van der Waals surface area contributed by atoms with Gasteiger partial charge in [0.1, 0.15) is 5.69 Å². The summed E-state index contributed by atoms with van der Waals surface area (Å²) in [5, 5.41) is 4.82. The van der Waals surface area contributed by atoms with Crippen molar-refractivity contribution in [3.63, 3.8) is 0 Å². The van der Waals surface area contributed by atoms with E-state index in [0.29, 0.717) is 0 Å². The molecule has 0 aliphatic carbocycles. The Morgan fingerprint density at radius 1 is 0.929 bits per heavy atom. The molecule has 2 heterocycles. The second-order valence-electron chi connectivity index (χ2n) is 6.61. The van der Waals surface area contributed by atoms with Crippen LogP contribution in [0.1, 0.15) is 16.8 Å². The largest absolute Gasteiger partial charge is 1.00 e. The quantitative estimate of drug-likeness (QED) is 0.384. The van der Waals surface area contributed by atoms with Crippen LogP contribution in [0.4, 0.5) is 0 Å². The van der Waals surface area contributed by atoms with Gasteiger partial charge in [0.05, 0.1) is 5.56 Å². The van der Waals surface area contributed by atoms with Gasteiger partial charge in [-0.1, -0.05) is 42.0 Å². The molecule has 28 heavy (non-hydrogen) atoms. The number of hydrogen-bond acceptors (Lipinski definition) is 4. The minimum Gasteiger partial charge on any atom is -0.768 e. The van der Waals surface area contributed by atoms with Crippen LogP contribution in [0.15, 0.2) is 59.6 Å². The summed E-state index contributed by atoms with van der Waals surface area (Å²) in [5.41, 5.74) is 7.64. The van der Waals surface area contributed by atoms with Gasteiger partial charge in [0.2, 0.25) is 0 Å². The van der Waals surface area contributed by atoms with E-state index in [1.807, 2.05) is 31.5 Å². The predicted octanol–water partition coefficient (Wildman–Crippen LogP) is 1.23. The number of rotatable bonds is 3. The van der Waals surface area contributed by atoms with Crippen molar-refractivity contribution in [1.29, 1.82) is 0 Å². The molecule has 1 atom stereocenters. The Kier molecular flexibility index (Phi) is 6.17. The molecule has 2 aromatic carbocycles. The second kappa shape index (κ2) is 8.27. The molecule has 4 rings (SSSR count). The molecule has 0 N–H and O–H groups in total. The number of fused-ring (bicyclic) bond motifs is 1. The molecule has 0 aliphatic rings. The van der Waals surface area contributed by atoms with Gasteiger partial charge in [-0.3, -0.25) is 4.21 Å². The van der Waals surface area contributed by atoms with E-state index in [1.165, 1.54) is 5.56 Å². The van der Waals surface area contributed by atoms with E-state index in [0.717, 1.165) is 39.3 Å².